The molecule has 0 amide bonds. The average molecular weight is 1490 g/mol. The van der Waals surface area contributed by atoms with Crippen LogP contribution in [0.2, 0.25) is 0 Å². The Kier molecular flexibility index (Phi) is 14.0. The van der Waals surface area contributed by atoms with Gasteiger partial charge in [0.15, 0.2) is 0 Å². The standard InChI is InChI=1S/C55H32N2O3.C52H33NO3/c58-55-46-31-35(38-18-11-21-50-52(38)44-17-8-10-20-49(44)59-50)23-25-39(46)41-26-22-34(32-51(41)60-55)33-24-29-48-45(30-33)43-28-27-42-40-16-7-9-19-47(40)56(36-12-3-1-4-13-36)53(42)54(43)57(48)37-14-5-2-6-15-37;1-52(2)43-16-8-6-13-36(43)39-28-41-40-25-30(21-24-45(40)53(46(41)29-44(39)52)33-11-4-3-5-12-33)31-19-23-37-35-22-20-32(26-42(35)51(54)56-49(37)27-31)34-15-10-18-48-50(34)38-14-7-9-17-47(38)55-48/h1-32H;3-29H,1-2H3. The van der Waals surface area contributed by atoms with E-state index in [1.165, 1.54) is 60.3 Å². The molecule has 0 fully saturated rings. The van der Waals surface area contributed by atoms with Gasteiger partial charge in [0.05, 0.1) is 43.9 Å². The van der Waals surface area contributed by atoms with Crippen LogP contribution in [0.25, 0.3) is 225 Å². The molecular formula is C107H65N3O6. The van der Waals surface area contributed by atoms with E-state index in [0.717, 1.165) is 154 Å². The zero-order chi connectivity index (χ0) is 76.8. The van der Waals surface area contributed by atoms with Crippen molar-refractivity contribution in [2.45, 2.75) is 19.3 Å². The SMILES string of the molecule is CC1(C)c2ccccc2-c2cc3c4cc(-c5ccc6c(c5)oc(=O)c5cc(-c7cccc8oc9ccccc9c78)ccc56)ccc4n(-c4ccccc4)c3cc21.O=c1oc2cc(-c3ccc4c(c3)c3ccc5c6ccccc6n(-c6ccccc6)c5c3n4-c3ccccc3)ccc2c2ccc(-c3cccc4oc5ccccc5c34)cc12. The number of hydrogen-bond donors (Lipinski definition) is 0. The highest BCUT2D eigenvalue weighted by Gasteiger charge is 2.36. The summed E-state index contributed by atoms with van der Waals surface area (Å²) in [5, 5.41) is 15.9. The number of furan rings is 2. The van der Waals surface area contributed by atoms with Gasteiger partial charge in [-0.15, -0.1) is 0 Å². The second-order valence-corrected chi connectivity index (χ2v) is 31.2. The normalized spacial score (nSPS) is 12.7. The molecule has 0 atom stereocenters. The fourth-order valence-corrected chi connectivity index (χ4v) is 19.3. The van der Waals surface area contributed by atoms with Gasteiger partial charge in [-0.05, 0) is 217 Å². The topological polar surface area (TPSA) is 101 Å². The lowest BCUT2D eigenvalue weighted by Gasteiger charge is -2.21. The predicted octanol–water partition coefficient (Wildman–Crippen LogP) is 28.0. The molecule has 7 aromatic heterocycles. The summed E-state index contributed by atoms with van der Waals surface area (Å²) in [6, 6.07) is 125. The van der Waals surface area contributed by atoms with Crippen molar-refractivity contribution >= 4 is 153 Å². The lowest BCUT2D eigenvalue weighted by Crippen LogP contribution is -2.14. The molecule has 544 valence electrons. The number of aromatic nitrogens is 3. The molecule has 1 aliphatic rings. The maximum Gasteiger partial charge on any atom is 0.344 e. The monoisotopic (exact) mass is 1490 g/mol. The maximum atomic E-state index is 13.8. The molecule has 9 heteroatoms. The Morgan fingerprint density at radius 1 is 0.216 bits per heavy atom. The molecule has 17 aromatic carbocycles. The van der Waals surface area contributed by atoms with Crippen molar-refractivity contribution in [3.05, 3.63) is 390 Å². The Balaban J connectivity index is 0.000000134. The fourth-order valence-electron chi connectivity index (χ4n) is 19.3. The highest BCUT2D eigenvalue weighted by molar-refractivity contribution is 6.25. The molecule has 0 N–H and O–H groups in total. The third kappa shape index (κ3) is 9.69. The van der Waals surface area contributed by atoms with E-state index in [1.807, 2.05) is 97.1 Å². The number of nitrogens with zero attached hydrogens (tertiary/aromatic N) is 3. The van der Waals surface area contributed by atoms with Gasteiger partial charge in [-0.2, -0.15) is 0 Å². The minimum absolute atomic E-state index is 0.104. The van der Waals surface area contributed by atoms with Crippen molar-refractivity contribution in [2.24, 2.45) is 0 Å². The summed E-state index contributed by atoms with van der Waals surface area (Å²) in [6.45, 7) is 4.67. The zero-order valence-corrected chi connectivity index (χ0v) is 62.9. The summed E-state index contributed by atoms with van der Waals surface area (Å²) in [5.74, 6) is 0. The van der Waals surface area contributed by atoms with E-state index in [9.17, 15) is 9.59 Å². The second-order valence-electron chi connectivity index (χ2n) is 31.2. The van der Waals surface area contributed by atoms with Crippen molar-refractivity contribution in [3.63, 3.8) is 0 Å². The van der Waals surface area contributed by atoms with Crippen LogP contribution in [0.4, 0.5) is 0 Å². The van der Waals surface area contributed by atoms with E-state index in [1.54, 1.807) is 0 Å². The minimum atomic E-state index is -0.361. The lowest BCUT2D eigenvalue weighted by atomic mass is 9.82. The molecule has 116 heavy (non-hydrogen) atoms. The van der Waals surface area contributed by atoms with E-state index < -0.39 is 0 Å². The molecule has 0 unspecified atom stereocenters. The molecule has 25 rings (SSSR count). The summed E-state index contributed by atoms with van der Waals surface area (Å²) in [5.41, 5.74) is 27.2. The predicted molar refractivity (Wildman–Crippen MR) is 477 cm³/mol. The summed E-state index contributed by atoms with van der Waals surface area (Å²) >= 11 is 0. The molecule has 24 aromatic rings. The van der Waals surface area contributed by atoms with E-state index in [4.69, 9.17) is 17.7 Å². The van der Waals surface area contributed by atoms with Crippen molar-refractivity contribution in [2.75, 3.05) is 0 Å². The van der Waals surface area contributed by atoms with Crippen LogP contribution in [0.5, 0.6) is 0 Å². The van der Waals surface area contributed by atoms with Gasteiger partial charge in [0, 0.05) is 87.1 Å². The van der Waals surface area contributed by atoms with Crippen LogP contribution in [0, 0.1) is 0 Å². The van der Waals surface area contributed by atoms with E-state index >= 15 is 0 Å². The Hall–Kier alpha value is -15.3. The molecule has 0 radical (unpaired) electrons. The average Bonchev–Trinajstić information content (AvgIpc) is 1.54. The molecule has 0 saturated heterocycles. The smallest absolute Gasteiger partial charge is 0.344 e. The molecule has 7 heterocycles. The molecule has 9 nitrogen and oxygen atoms in total. The van der Waals surface area contributed by atoms with Gasteiger partial charge in [-0.25, -0.2) is 9.59 Å². The Labute approximate surface area is 661 Å². The Morgan fingerprint density at radius 3 is 1.15 bits per heavy atom. The molecule has 0 spiro atoms. The van der Waals surface area contributed by atoms with Gasteiger partial charge in [-0.3, -0.25) is 0 Å². The molecule has 1 aliphatic carbocycles. The molecule has 0 aliphatic heterocycles. The van der Waals surface area contributed by atoms with Gasteiger partial charge in [0.1, 0.15) is 33.5 Å². The molecular weight excluding hydrogens is 1420 g/mol. The number of hydrogen-bond acceptors (Lipinski definition) is 6. The number of para-hydroxylation sites is 6. The van der Waals surface area contributed by atoms with Crippen LogP contribution in [-0.2, 0) is 5.41 Å². The summed E-state index contributed by atoms with van der Waals surface area (Å²) in [6.07, 6.45) is 0. The van der Waals surface area contributed by atoms with Gasteiger partial charge < -0.3 is 31.4 Å². The highest BCUT2D eigenvalue weighted by atomic mass is 16.4. The largest absolute Gasteiger partial charge is 0.456 e. The second kappa shape index (κ2) is 24.8. The zero-order valence-electron chi connectivity index (χ0n) is 62.9. The summed E-state index contributed by atoms with van der Waals surface area (Å²) in [7, 11) is 0. The van der Waals surface area contributed by atoms with Gasteiger partial charge in [0.25, 0.3) is 0 Å². The third-order valence-corrected chi connectivity index (χ3v) is 24.6. The van der Waals surface area contributed by atoms with Crippen LogP contribution < -0.4 is 11.3 Å². The highest BCUT2D eigenvalue weighted by Crippen LogP contribution is 2.52. The van der Waals surface area contributed by atoms with Crippen molar-refractivity contribution < 1.29 is 17.7 Å². The van der Waals surface area contributed by atoms with Crippen molar-refractivity contribution in [3.8, 4) is 72.7 Å². The van der Waals surface area contributed by atoms with Crippen molar-refractivity contribution in [1.82, 2.24) is 13.7 Å². The van der Waals surface area contributed by atoms with Gasteiger partial charge >= 0.3 is 11.3 Å². The molecule has 0 saturated carbocycles. The van der Waals surface area contributed by atoms with Crippen LogP contribution in [-0.4, -0.2) is 13.7 Å². The minimum Gasteiger partial charge on any atom is -0.456 e. The fraction of sp³-hybridized carbons (Fsp3) is 0.0280. The first-order chi connectivity index (χ1) is 57.1. The van der Waals surface area contributed by atoms with Crippen LogP contribution >= 0.6 is 0 Å². The van der Waals surface area contributed by atoms with Crippen LogP contribution in [0.15, 0.2) is 385 Å². The maximum absolute atomic E-state index is 13.8. The first-order valence-electron chi connectivity index (χ1n) is 39.3. The summed E-state index contributed by atoms with van der Waals surface area (Å²) < 4.78 is 31.8. The number of benzene rings is 17. The van der Waals surface area contributed by atoms with Crippen LogP contribution in [0.3, 0.4) is 0 Å². The quantitative estimate of drug-likeness (QED) is 0.116. The van der Waals surface area contributed by atoms with Gasteiger partial charge in [0.2, 0.25) is 0 Å². The first-order valence-corrected chi connectivity index (χ1v) is 39.3. The molecule has 0 bridgehead atoms. The van der Waals surface area contributed by atoms with Crippen molar-refractivity contribution in [1.29, 1.82) is 0 Å². The number of fused-ring (bicyclic) bond motifs is 25. The van der Waals surface area contributed by atoms with Gasteiger partial charge in [-0.1, -0.05) is 232 Å². The lowest BCUT2D eigenvalue weighted by molar-refractivity contribution is 0.569. The van der Waals surface area contributed by atoms with Crippen LogP contribution in [0.1, 0.15) is 25.0 Å². The third-order valence-electron chi connectivity index (χ3n) is 24.6. The first kappa shape index (κ1) is 65.4. The van der Waals surface area contributed by atoms with E-state index in [2.05, 4.69) is 288 Å². The van der Waals surface area contributed by atoms with E-state index in [-0.39, 0.29) is 16.7 Å². The Morgan fingerprint density at radius 2 is 0.595 bits per heavy atom. The Bertz CT molecular complexity index is 8480. The summed E-state index contributed by atoms with van der Waals surface area (Å²) in [4.78, 5) is 27.6. The van der Waals surface area contributed by atoms with E-state index in [0.29, 0.717) is 21.9 Å². The number of rotatable bonds is 7.